The average Bonchev–Trinajstić information content (AvgIpc) is 2.39. The minimum atomic E-state index is -0.271. The third-order valence-corrected chi connectivity index (χ3v) is 2.91. The molecule has 0 spiro atoms. The van der Waals surface area contributed by atoms with Crippen LogP contribution in [-0.2, 0) is 0 Å². The molecule has 0 saturated heterocycles. The first-order valence-corrected chi connectivity index (χ1v) is 6.35. The van der Waals surface area contributed by atoms with E-state index in [0.29, 0.717) is 5.82 Å². The molecular weight excluding hydrogens is 343 g/mol. The molecule has 0 fully saturated rings. The Morgan fingerprint density at radius 1 is 1.22 bits per heavy atom. The van der Waals surface area contributed by atoms with Crippen LogP contribution in [0.2, 0.25) is 0 Å². The summed E-state index contributed by atoms with van der Waals surface area (Å²) in [5, 5.41) is 13.3. The Hall–Kier alpha value is -1.70. The van der Waals surface area contributed by atoms with Gasteiger partial charge in [-0.1, -0.05) is 6.07 Å². The second-order valence-electron chi connectivity index (χ2n) is 3.52. The summed E-state index contributed by atoms with van der Waals surface area (Å²) in [6.45, 7) is 0. The maximum absolute atomic E-state index is 11.9. The number of rotatable bonds is 3. The van der Waals surface area contributed by atoms with Crippen LogP contribution in [0.25, 0.3) is 0 Å². The van der Waals surface area contributed by atoms with Crippen molar-refractivity contribution in [1.82, 2.24) is 10.2 Å². The second kappa shape index (κ2) is 5.76. The molecule has 0 unspecified atom stereocenters. The van der Waals surface area contributed by atoms with Gasteiger partial charge < -0.3 is 10.6 Å². The van der Waals surface area contributed by atoms with E-state index in [0.717, 1.165) is 9.26 Å². The topological polar surface area (TPSA) is 66.9 Å². The standard InChI is InChI=1S/C12H11IN4O/c1-14-11-6-5-10(16-17-11)12(18)15-9-4-2-3-8(13)7-9/h2-7H,1H3,(H,14,17)(H,15,18). The van der Waals surface area contributed by atoms with Crippen LogP contribution in [0.1, 0.15) is 10.5 Å². The molecule has 0 saturated carbocycles. The molecular formula is C12H11IN4O. The van der Waals surface area contributed by atoms with Gasteiger partial charge in [-0.15, -0.1) is 10.2 Å². The summed E-state index contributed by atoms with van der Waals surface area (Å²) in [5.41, 5.74) is 1.03. The van der Waals surface area contributed by atoms with Crippen LogP contribution in [0.15, 0.2) is 36.4 Å². The predicted octanol–water partition coefficient (Wildman–Crippen LogP) is 2.38. The van der Waals surface area contributed by atoms with Crippen LogP contribution in [0.5, 0.6) is 0 Å². The van der Waals surface area contributed by atoms with Gasteiger partial charge in [0.05, 0.1) is 0 Å². The molecule has 2 aromatic rings. The van der Waals surface area contributed by atoms with Gasteiger partial charge in [-0.2, -0.15) is 0 Å². The van der Waals surface area contributed by atoms with E-state index in [1.807, 2.05) is 24.3 Å². The highest BCUT2D eigenvalue weighted by molar-refractivity contribution is 14.1. The van der Waals surface area contributed by atoms with Gasteiger partial charge in [-0.25, -0.2) is 0 Å². The maximum Gasteiger partial charge on any atom is 0.276 e. The zero-order valence-electron chi connectivity index (χ0n) is 9.64. The van der Waals surface area contributed by atoms with Crippen molar-refractivity contribution in [2.24, 2.45) is 0 Å². The molecule has 6 heteroatoms. The van der Waals surface area contributed by atoms with Gasteiger partial charge in [0.25, 0.3) is 5.91 Å². The number of benzene rings is 1. The number of aromatic nitrogens is 2. The van der Waals surface area contributed by atoms with Crippen molar-refractivity contribution in [2.45, 2.75) is 0 Å². The number of carbonyl (C=O) groups excluding carboxylic acids is 1. The lowest BCUT2D eigenvalue weighted by Gasteiger charge is -2.05. The van der Waals surface area contributed by atoms with E-state index in [2.05, 4.69) is 43.4 Å². The van der Waals surface area contributed by atoms with Crippen molar-refractivity contribution in [2.75, 3.05) is 17.7 Å². The Morgan fingerprint density at radius 2 is 2.06 bits per heavy atom. The lowest BCUT2D eigenvalue weighted by molar-refractivity contribution is 0.102. The van der Waals surface area contributed by atoms with Crippen LogP contribution < -0.4 is 10.6 Å². The van der Waals surface area contributed by atoms with E-state index in [1.54, 1.807) is 19.2 Å². The van der Waals surface area contributed by atoms with Crippen molar-refractivity contribution in [3.8, 4) is 0 Å². The molecule has 1 heterocycles. The SMILES string of the molecule is CNc1ccc(C(=O)Nc2cccc(I)c2)nn1. The van der Waals surface area contributed by atoms with E-state index in [-0.39, 0.29) is 11.6 Å². The van der Waals surface area contributed by atoms with E-state index < -0.39 is 0 Å². The highest BCUT2D eigenvalue weighted by Gasteiger charge is 2.08. The molecule has 0 aliphatic heterocycles. The highest BCUT2D eigenvalue weighted by atomic mass is 127. The molecule has 0 aliphatic rings. The predicted molar refractivity (Wildman–Crippen MR) is 78.7 cm³/mol. The lowest BCUT2D eigenvalue weighted by Crippen LogP contribution is -2.14. The first-order chi connectivity index (χ1) is 8.69. The van der Waals surface area contributed by atoms with Gasteiger partial charge >= 0.3 is 0 Å². The normalized spacial score (nSPS) is 9.89. The molecule has 0 radical (unpaired) electrons. The summed E-state index contributed by atoms with van der Waals surface area (Å²) in [5.74, 6) is 0.355. The second-order valence-corrected chi connectivity index (χ2v) is 4.76. The Morgan fingerprint density at radius 3 is 2.67 bits per heavy atom. The van der Waals surface area contributed by atoms with Crippen molar-refractivity contribution >= 4 is 40.0 Å². The molecule has 0 bridgehead atoms. The summed E-state index contributed by atoms with van der Waals surface area (Å²) in [6, 6.07) is 10.9. The number of carbonyl (C=O) groups is 1. The number of hydrogen-bond acceptors (Lipinski definition) is 4. The Balaban J connectivity index is 2.11. The smallest absolute Gasteiger partial charge is 0.276 e. The number of anilines is 2. The summed E-state index contributed by atoms with van der Waals surface area (Å²) in [6.07, 6.45) is 0. The van der Waals surface area contributed by atoms with E-state index in [1.165, 1.54) is 0 Å². The van der Waals surface area contributed by atoms with E-state index in [4.69, 9.17) is 0 Å². The van der Waals surface area contributed by atoms with Crippen LogP contribution in [0.4, 0.5) is 11.5 Å². The fraction of sp³-hybridized carbons (Fsp3) is 0.0833. The molecule has 92 valence electrons. The molecule has 18 heavy (non-hydrogen) atoms. The summed E-state index contributed by atoms with van der Waals surface area (Å²) < 4.78 is 1.06. The van der Waals surface area contributed by atoms with Gasteiger partial charge in [-0.3, -0.25) is 4.79 Å². The number of amides is 1. The molecule has 1 amide bonds. The quantitative estimate of drug-likeness (QED) is 0.831. The summed E-state index contributed by atoms with van der Waals surface area (Å²) in [4.78, 5) is 11.9. The zero-order valence-corrected chi connectivity index (χ0v) is 11.8. The molecule has 0 aliphatic carbocycles. The lowest BCUT2D eigenvalue weighted by atomic mass is 10.3. The van der Waals surface area contributed by atoms with E-state index in [9.17, 15) is 4.79 Å². The third-order valence-electron chi connectivity index (χ3n) is 2.24. The van der Waals surface area contributed by atoms with Crippen LogP contribution in [0.3, 0.4) is 0 Å². The molecule has 0 atom stereocenters. The van der Waals surface area contributed by atoms with Crippen molar-refractivity contribution in [1.29, 1.82) is 0 Å². The molecule has 1 aromatic carbocycles. The zero-order chi connectivity index (χ0) is 13.0. The van der Waals surface area contributed by atoms with Crippen molar-refractivity contribution in [3.63, 3.8) is 0 Å². The molecule has 2 rings (SSSR count). The first kappa shape index (κ1) is 12.7. The monoisotopic (exact) mass is 354 g/mol. The Kier molecular flexibility index (Phi) is 4.08. The van der Waals surface area contributed by atoms with Gasteiger partial charge in [0.1, 0.15) is 5.82 Å². The maximum atomic E-state index is 11.9. The minimum absolute atomic E-state index is 0.271. The van der Waals surface area contributed by atoms with Gasteiger partial charge in [0, 0.05) is 16.3 Å². The van der Waals surface area contributed by atoms with Crippen molar-refractivity contribution < 1.29 is 4.79 Å². The summed E-state index contributed by atoms with van der Waals surface area (Å²) >= 11 is 2.19. The van der Waals surface area contributed by atoms with Crippen LogP contribution in [-0.4, -0.2) is 23.2 Å². The molecule has 2 N–H and O–H groups in total. The molecule has 5 nitrogen and oxygen atoms in total. The average molecular weight is 354 g/mol. The van der Waals surface area contributed by atoms with Crippen molar-refractivity contribution in [3.05, 3.63) is 45.7 Å². The fourth-order valence-electron chi connectivity index (χ4n) is 1.35. The number of hydrogen-bond donors (Lipinski definition) is 2. The van der Waals surface area contributed by atoms with E-state index >= 15 is 0 Å². The van der Waals surface area contributed by atoms with Crippen LogP contribution >= 0.6 is 22.6 Å². The number of nitrogens with zero attached hydrogens (tertiary/aromatic N) is 2. The highest BCUT2D eigenvalue weighted by Crippen LogP contribution is 2.13. The largest absolute Gasteiger partial charge is 0.372 e. The van der Waals surface area contributed by atoms with Gasteiger partial charge in [0.2, 0.25) is 0 Å². The van der Waals surface area contributed by atoms with Crippen LogP contribution in [0, 0.1) is 3.57 Å². The Labute approximate surface area is 118 Å². The molecule has 1 aromatic heterocycles. The third kappa shape index (κ3) is 3.16. The summed E-state index contributed by atoms with van der Waals surface area (Å²) in [7, 11) is 1.75. The fourth-order valence-corrected chi connectivity index (χ4v) is 1.89. The Bertz CT molecular complexity index is 556. The first-order valence-electron chi connectivity index (χ1n) is 5.27. The minimum Gasteiger partial charge on any atom is -0.372 e. The number of nitrogens with one attached hydrogen (secondary N) is 2. The number of halogens is 1. The van der Waals surface area contributed by atoms with Gasteiger partial charge in [0.15, 0.2) is 5.69 Å². The van der Waals surface area contributed by atoms with Gasteiger partial charge in [-0.05, 0) is 52.9 Å².